The second kappa shape index (κ2) is 5.64. The second-order valence-electron chi connectivity index (χ2n) is 6.39. The standard InChI is InChI=1S/C20H18BrNO/c1-12(23)14-7-10-19-18(11-14)16-3-2-4-17(16)20(22-19)13-5-8-15(21)9-6-13/h2-3,5-11,16-17,20,22H,4H2,1H3/t16-,17+,20-/m0/s1. The van der Waals surface area contributed by atoms with Crippen molar-refractivity contribution < 1.29 is 4.79 Å². The lowest BCUT2D eigenvalue weighted by molar-refractivity contribution is 0.101. The average molecular weight is 368 g/mol. The number of carbonyl (C=O) groups is 1. The molecule has 0 bridgehead atoms. The van der Waals surface area contributed by atoms with E-state index in [0.717, 1.165) is 22.1 Å². The van der Waals surface area contributed by atoms with Crippen LogP contribution in [0, 0.1) is 5.92 Å². The number of halogens is 1. The zero-order valence-corrected chi connectivity index (χ0v) is 14.5. The van der Waals surface area contributed by atoms with Gasteiger partial charge in [0.05, 0.1) is 6.04 Å². The molecule has 1 aliphatic carbocycles. The van der Waals surface area contributed by atoms with E-state index < -0.39 is 0 Å². The number of carbonyl (C=O) groups excluding carboxylic acids is 1. The Morgan fingerprint density at radius 2 is 1.96 bits per heavy atom. The van der Waals surface area contributed by atoms with Crippen molar-refractivity contribution in [3.63, 3.8) is 0 Å². The molecule has 1 aliphatic heterocycles. The van der Waals surface area contributed by atoms with Gasteiger partial charge in [-0.05, 0) is 60.7 Å². The molecule has 3 heteroatoms. The lowest BCUT2D eigenvalue weighted by atomic mass is 9.76. The van der Waals surface area contributed by atoms with Gasteiger partial charge in [0.2, 0.25) is 0 Å². The first kappa shape index (κ1) is 14.7. The molecular weight excluding hydrogens is 350 g/mol. The molecule has 4 rings (SSSR count). The van der Waals surface area contributed by atoms with E-state index in [0.29, 0.717) is 17.9 Å². The SMILES string of the molecule is CC(=O)c1ccc2c(c1)[C@H]1C=CC[C@H]1[C@H](c1ccc(Br)cc1)N2. The van der Waals surface area contributed by atoms with Crippen LogP contribution >= 0.6 is 15.9 Å². The molecule has 0 aromatic heterocycles. The molecule has 3 atom stereocenters. The predicted molar refractivity (Wildman–Crippen MR) is 96.9 cm³/mol. The van der Waals surface area contributed by atoms with E-state index in [1.165, 1.54) is 11.1 Å². The fourth-order valence-electron chi connectivity index (χ4n) is 3.81. The van der Waals surface area contributed by atoms with Gasteiger partial charge < -0.3 is 5.32 Å². The topological polar surface area (TPSA) is 29.1 Å². The molecule has 1 N–H and O–H groups in total. The van der Waals surface area contributed by atoms with Crippen LogP contribution < -0.4 is 5.32 Å². The first-order valence-corrected chi connectivity index (χ1v) is 8.76. The minimum atomic E-state index is 0.126. The minimum absolute atomic E-state index is 0.126. The molecule has 2 aromatic carbocycles. The highest BCUT2D eigenvalue weighted by atomic mass is 79.9. The van der Waals surface area contributed by atoms with Crippen LogP contribution in [-0.2, 0) is 0 Å². The highest BCUT2D eigenvalue weighted by Gasteiger charge is 2.37. The molecule has 23 heavy (non-hydrogen) atoms. The summed E-state index contributed by atoms with van der Waals surface area (Å²) < 4.78 is 1.10. The van der Waals surface area contributed by atoms with E-state index in [1.807, 2.05) is 6.07 Å². The van der Waals surface area contributed by atoms with Gasteiger partial charge in [-0.1, -0.05) is 40.2 Å². The zero-order valence-electron chi connectivity index (χ0n) is 12.9. The van der Waals surface area contributed by atoms with Gasteiger partial charge in [-0.3, -0.25) is 4.79 Å². The molecular formula is C20H18BrNO. The van der Waals surface area contributed by atoms with Crippen molar-refractivity contribution in [2.45, 2.75) is 25.3 Å². The van der Waals surface area contributed by atoms with Gasteiger partial charge in [-0.15, -0.1) is 0 Å². The maximum atomic E-state index is 11.7. The van der Waals surface area contributed by atoms with Gasteiger partial charge in [-0.25, -0.2) is 0 Å². The maximum absolute atomic E-state index is 11.7. The summed E-state index contributed by atoms with van der Waals surface area (Å²) in [5, 5.41) is 3.70. The Bertz CT molecular complexity index is 794. The number of rotatable bonds is 2. The highest BCUT2D eigenvalue weighted by molar-refractivity contribution is 9.10. The Balaban J connectivity index is 1.77. The Morgan fingerprint density at radius 3 is 2.70 bits per heavy atom. The Kier molecular flexibility index (Phi) is 3.61. The third kappa shape index (κ3) is 2.53. The number of hydrogen-bond acceptors (Lipinski definition) is 2. The third-order valence-corrected chi connectivity index (χ3v) is 5.53. The summed E-state index contributed by atoms with van der Waals surface area (Å²) in [5.41, 5.74) is 4.51. The number of ketones is 1. The van der Waals surface area contributed by atoms with Crippen LogP contribution in [0.4, 0.5) is 5.69 Å². The Labute approximate surface area is 144 Å². The molecule has 116 valence electrons. The summed E-state index contributed by atoms with van der Waals surface area (Å²) in [6, 6.07) is 14.9. The van der Waals surface area contributed by atoms with Gasteiger partial charge in [0, 0.05) is 21.6 Å². The second-order valence-corrected chi connectivity index (χ2v) is 7.30. The molecule has 0 fully saturated rings. The van der Waals surface area contributed by atoms with Crippen LogP contribution in [0.15, 0.2) is 59.1 Å². The van der Waals surface area contributed by atoms with E-state index in [1.54, 1.807) is 6.92 Å². The van der Waals surface area contributed by atoms with Crippen LogP contribution in [0.3, 0.4) is 0 Å². The summed E-state index contributed by atoms with van der Waals surface area (Å²) in [6.07, 6.45) is 5.65. The summed E-state index contributed by atoms with van der Waals surface area (Å²) in [6.45, 7) is 1.63. The lowest BCUT2D eigenvalue weighted by Crippen LogP contribution is -2.29. The molecule has 0 unspecified atom stereocenters. The van der Waals surface area contributed by atoms with E-state index in [2.05, 4.69) is 69.8 Å². The highest BCUT2D eigenvalue weighted by Crippen LogP contribution is 2.49. The smallest absolute Gasteiger partial charge is 0.159 e. The molecule has 0 spiro atoms. The molecule has 0 saturated carbocycles. The molecule has 2 aromatic rings. The number of allylic oxidation sites excluding steroid dienone is 2. The fourth-order valence-corrected chi connectivity index (χ4v) is 4.08. The van der Waals surface area contributed by atoms with Crippen LogP contribution in [0.5, 0.6) is 0 Å². The number of nitrogens with one attached hydrogen (secondary N) is 1. The molecule has 0 amide bonds. The lowest BCUT2D eigenvalue weighted by Gasteiger charge is -2.37. The van der Waals surface area contributed by atoms with Gasteiger partial charge in [0.1, 0.15) is 0 Å². The predicted octanol–water partition coefficient (Wildman–Crippen LogP) is 5.48. The van der Waals surface area contributed by atoms with E-state index in [4.69, 9.17) is 0 Å². The number of benzene rings is 2. The summed E-state index contributed by atoms with van der Waals surface area (Å²) >= 11 is 3.51. The van der Waals surface area contributed by atoms with Gasteiger partial charge in [0.15, 0.2) is 5.78 Å². The fraction of sp³-hybridized carbons (Fsp3) is 0.250. The van der Waals surface area contributed by atoms with E-state index in [9.17, 15) is 4.79 Å². The number of Topliss-reactive ketones (excluding diaryl/α,β-unsaturated/α-hetero) is 1. The van der Waals surface area contributed by atoms with Gasteiger partial charge >= 0.3 is 0 Å². The molecule has 2 nitrogen and oxygen atoms in total. The van der Waals surface area contributed by atoms with Crippen LogP contribution in [-0.4, -0.2) is 5.78 Å². The number of fused-ring (bicyclic) bond motifs is 3. The monoisotopic (exact) mass is 367 g/mol. The molecule has 1 heterocycles. The van der Waals surface area contributed by atoms with Crippen molar-refractivity contribution in [2.24, 2.45) is 5.92 Å². The van der Waals surface area contributed by atoms with Crippen LogP contribution in [0.25, 0.3) is 0 Å². The van der Waals surface area contributed by atoms with Crippen molar-refractivity contribution in [2.75, 3.05) is 5.32 Å². The minimum Gasteiger partial charge on any atom is -0.378 e. The quantitative estimate of drug-likeness (QED) is 0.562. The van der Waals surface area contributed by atoms with Crippen molar-refractivity contribution in [1.29, 1.82) is 0 Å². The van der Waals surface area contributed by atoms with Crippen molar-refractivity contribution >= 4 is 27.4 Å². The molecule has 2 aliphatic rings. The van der Waals surface area contributed by atoms with E-state index >= 15 is 0 Å². The van der Waals surface area contributed by atoms with Gasteiger partial charge in [-0.2, -0.15) is 0 Å². The normalized spacial score (nSPS) is 24.7. The van der Waals surface area contributed by atoms with Crippen molar-refractivity contribution in [3.05, 3.63) is 75.8 Å². The summed E-state index contributed by atoms with van der Waals surface area (Å²) in [4.78, 5) is 11.7. The van der Waals surface area contributed by atoms with Gasteiger partial charge in [0.25, 0.3) is 0 Å². The number of hydrogen-bond donors (Lipinski definition) is 1. The molecule has 0 radical (unpaired) electrons. The molecule has 0 saturated heterocycles. The zero-order chi connectivity index (χ0) is 16.0. The first-order valence-electron chi connectivity index (χ1n) is 7.97. The largest absolute Gasteiger partial charge is 0.378 e. The number of anilines is 1. The first-order chi connectivity index (χ1) is 11.1. The Morgan fingerprint density at radius 1 is 1.17 bits per heavy atom. The average Bonchev–Trinajstić information content (AvgIpc) is 3.04. The van der Waals surface area contributed by atoms with Crippen LogP contribution in [0.1, 0.15) is 46.8 Å². The summed E-state index contributed by atoms with van der Waals surface area (Å²) in [5.74, 6) is 1.02. The summed E-state index contributed by atoms with van der Waals surface area (Å²) in [7, 11) is 0. The third-order valence-electron chi connectivity index (χ3n) is 5.00. The van der Waals surface area contributed by atoms with Crippen molar-refractivity contribution in [1.82, 2.24) is 0 Å². The Hall–Kier alpha value is -1.87. The van der Waals surface area contributed by atoms with Crippen molar-refractivity contribution in [3.8, 4) is 0 Å². The maximum Gasteiger partial charge on any atom is 0.159 e. The van der Waals surface area contributed by atoms with Crippen LogP contribution in [0.2, 0.25) is 0 Å². The van der Waals surface area contributed by atoms with E-state index in [-0.39, 0.29) is 5.78 Å².